The maximum Gasteiger partial charge on any atom is 0.417 e. The molecular formula is C19H20ClF3N4O3S. The van der Waals surface area contributed by atoms with E-state index in [2.05, 4.69) is 4.98 Å². The number of aromatic nitrogens is 1. The van der Waals surface area contributed by atoms with Crippen LogP contribution in [0.2, 0.25) is 5.02 Å². The first-order valence-corrected chi connectivity index (χ1v) is 11.0. The largest absolute Gasteiger partial charge is 0.417 e. The van der Waals surface area contributed by atoms with Crippen molar-refractivity contribution in [2.24, 2.45) is 0 Å². The number of benzene rings is 1. The van der Waals surface area contributed by atoms with E-state index < -0.39 is 21.8 Å². The van der Waals surface area contributed by atoms with E-state index in [-0.39, 0.29) is 40.3 Å². The summed E-state index contributed by atoms with van der Waals surface area (Å²) >= 11 is 6.00. The molecule has 12 heteroatoms. The Morgan fingerprint density at radius 1 is 1.13 bits per heavy atom. The van der Waals surface area contributed by atoms with Gasteiger partial charge in [-0.2, -0.15) is 13.2 Å². The molecule has 0 saturated carbocycles. The molecule has 2 heterocycles. The van der Waals surface area contributed by atoms with Crippen molar-refractivity contribution in [3.8, 4) is 0 Å². The van der Waals surface area contributed by atoms with Crippen LogP contribution >= 0.6 is 11.6 Å². The molecule has 1 amide bonds. The molecule has 168 valence electrons. The lowest BCUT2D eigenvalue weighted by Gasteiger charge is -2.36. The maximum absolute atomic E-state index is 12.8. The number of hydrogen-bond acceptors (Lipinski definition) is 5. The first-order valence-electron chi connectivity index (χ1n) is 9.21. The van der Waals surface area contributed by atoms with Gasteiger partial charge in [0.1, 0.15) is 5.82 Å². The van der Waals surface area contributed by atoms with Crippen LogP contribution in [0.25, 0.3) is 0 Å². The van der Waals surface area contributed by atoms with Crippen LogP contribution < -0.4 is 4.90 Å². The second-order valence-electron chi connectivity index (χ2n) is 7.12. The third kappa shape index (κ3) is 4.94. The fourth-order valence-corrected chi connectivity index (χ4v) is 4.36. The Hall–Kier alpha value is -2.37. The van der Waals surface area contributed by atoms with Crippen molar-refractivity contribution in [1.82, 2.24) is 14.2 Å². The van der Waals surface area contributed by atoms with Crippen molar-refractivity contribution in [2.75, 3.05) is 45.2 Å². The van der Waals surface area contributed by atoms with Crippen LogP contribution in [0.1, 0.15) is 15.9 Å². The highest BCUT2D eigenvalue weighted by Crippen LogP contribution is 2.33. The zero-order valence-corrected chi connectivity index (χ0v) is 18.3. The van der Waals surface area contributed by atoms with Crippen LogP contribution in [0, 0.1) is 0 Å². The minimum atomic E-state index is -4.53. The van der Waals surface area contributed by atoms with E-state index in [0.29, 0.717) is 13.1 Å². The van der Waals surface area contributed by atoms with Crippen molar-refractivity contribution in [1.29, 1.82) is 0 Å². The third-order valence-electron chi connectivity index (χ3n) is 4.88. The zero-order chi connectivity index (χ0) is 23.0. The first-order chi connectivity index (χ1) is 14.4. The molecule has 0 N–H and O–H groups in total. The summed E-state index contributed by atoms with van der Waals surface area (Å²) in [6, 6.07) is 6.63. The molecule has 0 aliphatic carbocycles. The van der Waals surface area contributed by atoms with Crippen LogP contribution in [-0.4, -0.2) is 68.8 Å². The molecular weight excluding hydrogens is 457 g/mol. The van der Waals surface area contributed by atoms with Gasteiger partial charge >= 0.3 is 6.18 Å². The molecule has 1 aromatic carbocycles. The average molecular weight is 477 g/mol. The highest BCUT2D eigenvalue weighted by Gasteiger charge is 2.32. The van der Waals surface area contributed by atoms with Crippen molar-refractivity contribution >= 4 is 33.3 Å². The summed E-state index contributed by atoms with van der Waals surface area (Å²) in [6.07, 6.45) is -3.80. The number of halogens is 4. The number of rotatable bonds is 4. The fourth-order valence-electron chi connectivity index (χ4n) is 3.12. The Morgan fingerprint density at radius 3 is 2.32 bits per heavy atom. The van der Waals surface area contributed by atoms with Gasteiger partial charge in [0.15, 0.2) is 0 Å². The fraction of sp³-hybridized carbons (Fsp3) is 0.368. The number of hydrogen-bond donors (Lipinski definition) is 0. The lowest BCUT2D eigenvalue weighted by molar-refractivity contribution is -0.137. The molecule has 2 aromatic rings. The maximum atomic E-state index is 12.8. The number of nitrogens with zero attached hydrogens (tertiary/aromatic N) is 4. The Balaban J connectivity index is 1.71. The Kier molecular flexibility index (Phi) is 6.49. The monoisotopic (exact) mass is 476 g/mol. The van der Waals surface area contributed by atoms with Crippen molar-refractivity contribution < 1.29 is 26.4 Å². The second kappa shape index (κ2) is 8.64. The number of carbonyl (C=O) groups excluding carboxylic acids is 1. The summed E-state index contributed by atoms with van der Waals surface area (Å²) in [5.41, 5.74) is -0.690. The molecule has 0 radical (unpaired) electrons. The van der Waals surface area contributed by atoms with E-state index in [1.54, 1.807) is 9.80 Å². The molecule has 31 heavy (non-hydrogen) atoms. The molecule has 1 fully saturated rings. The SMILES string of the molecule is CN(C)S(=O)(=O)c1cccc(C(=O)N2CCN(c3ncc(C(F)(F)F)cc3Cl)CC2)c1. The third-order valence-corrected chi connectivity index (χ3v) is 6.96. The number of pyridine rings is 1. The second-order valence-corrected chi connectivity index (χ2v) is 9.68. The van der Waals surface area contributed by atoms with E-state index in [4.69, 9.17) is 11.6 Å². The predicted octanol–water partition coefficient (Wildman–Crippen LogP) is 2.97. The van der Waals surface area contributed by atoms with E-state index in [1.807, 2.05) is 0 Å². The van der Waals surface area contributed by atoms with E-state index >= 15 is 0 Å². The van der Waals surface area contributed by atoms with Gasteiger partial charge in [-0.05, 0) is 24.3 Å². The molecule has 0 atom stereocenters. The molecule has 0 spiro atoms. The molecule has 1 aromatic heterocycles. The van der Waals surface area contributed by atoms with E-state index in [0.717, 1.165) is 16.6 Å². The lowest BCUT2D eigenvalue weighted by atomic mass is 10.2. The summed E-state index contributed by atoms with van der Waals surface area (Å²) in [6.45, 7) is 1.20. The Labute approximate surface area is 183 Å². The Bertz CT molecular complexity index is 1090. The number of anilines is 1. The standard InChI is InChI=1S/C19H20ClF3N4O3S/c1-25(2)31(29,30)15-5-3-4-13(10-15)18(28)27-8-6-26(7-9-27)17-16(20)11-14(12-24-17)19(21,22)23/h3-5,10-12H,6-9H2,1-2H3. The minimum absolute atomic E-state index is 0.0164. The van der Waals surface area contributed by atoms with Crippen molar-refractivity contribution in [3.63, 3.8) is 0 Å². The summed E-state index contributed by atoms with van der Waals surface area (Å²) in [4.78, 5) is 20.0. The minimum Gasteiger partial charge on any atom is -0.352 e. The highest BCUT2D eigenvalue weighted by atomic mass is 35.5. The van der Waals surface area contributed by atoms with Gasteiger partial charge < -0.3 is 9.80 Å². The van der Waals surface area contributed by atoms with E-state index in [9.17, 15) is 26.4 Å². The van der Waals surface area contributed by atoms with Crippen LogP contribution in [0.3, 0.4) is 0 Å². The number of amides is 1. The summed E-state index contributed by atoms with van der Waals surface area (Å²) in [5.74, 6) is -0.109. The molecule has 7 nitrogen and oxygen atoms in total. The first kappa shape index (κ1) is 23.3. The van der Waals surface area contributed by atoms with Gasteiger partial charge in [0, 0.05) is 52.0 Å². The topological polar surface area (TPSA) is 73.8 Å². The van der Waals surface area contributed by atoms with Gasteiger partial charge in [0.25, 0.3) is 5.91 Å². The summed E-state index contributed by atoms with van der Waals surface area (Å²) < 4.78 is 64.1. The molecule has 1 aliphatic heterocycles. The lowest BCUT2D eigenvalue weighted by Crippen LogP contribution is -2.49. The van der Waals surface area contributed by atoms with Crippen LogP contribution in [-0.2, 0) is 16.2 Å². The molecule has 1 saturated heterocycles. The Morgan fingerprint density at radius 2 is 1.77 bits per heavy atom. The molecule has 0 unspecified atom stereocenters. The average Bonchev–Trinajstić information content (AvgIpc) is 2.72. The number of carbonyl (C=O) groups is 1. The van der Waals surface area contributed by atoms with Gasteiger partial charge in [-0.3, -0.25) is 4.79 Å². The van der Waals surface area contributed by atoms with Gasteiger partial charge in [-0.25, -0.2) is 17.7 Å². The van der Waals surface area contributed by atoms with Gasteiger partial charge in [0.2, 0.25) is 10.0 Å². The van der Waals surface area contributed by atoms with Gasteiger partial charge in [0.05, 0.1) is 15.5 Å². The van der Waals surface area contributed by atoms with Crippen molar-refractivity contribution in [3.05, 3.63) is 52.7 Å². The van der Waals surface area contributed by atoms with Crippen LogP contribution in [0.15, 0.2) is 41.4 Å². The predicted molar refractivity (Wildman–Crippen MR) is 110 cm³/mol. The highest BCUT2D eigenvalue weighted by molar-refractivity contribution is 7.89. The smallest absolute Gasteiger partial charge is 0.352 e. The quantitative estimate of drug-likeness (QED) is 0.678. The van der Waals surface area contributed by atoms with Crippen LogP contribution in [0.4, 0.5) is 19.0 Å². The molecule has 0 bridgehead atoms. The zero-order valence-electron chi connectivity index (χ0n) is 16.7. The van der Waals surface area contributed by atoms with Crippen molar-refractivity contribution in [2.45, 2.75) is 11.1 Å². The van der Waals surface area contributed by atoms with E-state index in [1.165, 1.54) is 38.4 Å². The molecule has 1 aliphatic rings. The number of alkyl halides is 3. The van der Waals surface area contributed by atoms with Gasteiger partial charge in [-0.1, -0.05) is 17.7 Å². The van der Waals surface area contributed by atoms with Crippen LogP contribution in [0.5, 0.6) is 0 Å². The number of piperazine rings is 1. The summed E-state index contributed by atoms with van der Waals surface area (Å²) in [7, 11) is -0.864. The summed E-state index contributed by atoms with van der Waals surface area (Å²) in [5, 5.41) is -0.115. The molecule has 3 rings (SSSR count). The van der Waals surface area contributed by atoms with Gasteiger partial charge in [-0.15, -0.1) is 0 Å². The number of sulfonamides is 1. The normalized spacial score (nSPS) is 15.5.